The van der Waals surface area contributed by atoms with Gasteiger partial charge in [0.15, 0.2) is 0 Å². The zero-order valence-corrected chi connectivity index (χ0v) is 11.2. The summed E-state index contributed by atoms with van der Waals surface area (Å²) in [6.07, 6.45) is -0.477. The molecular weight excluding hydrogens is 234 g/mol. The molecule has 0 bridgehead atoms. The van der Waals surface area contributed by atoms with Gasteiger partial charge in [-0.2, -0.15) is 0 Å². The van der Waals surface area contributed by atoms with Crippen LogP contribution in [0.2, 0.25) is 0 Å². The third kappa shape index (κ3) is 3.22. The number of aliphatic hydroxyl groups excluding tert-OH is 1. The number of nitrogens with two attached hydrogens (primary N) is 1. The van der Waals surface area contributed by atoms with E-state index in [4.69, 9.17) is 5.73 Å². The van der Waals surface area contributed by atoms with Gasteiger partial charge in [0.25, 0.3) is 0 Å². The summed E-state index contributed by atoms with van der Waals surface area (Å²) in [5.41, 5.74) is 7.96. The van der Waals surface area contributed by atoms with Crippen molar-refractivity contribution in [2.24, 2.45) is 11.7 Å². The normalized spacial score (nSPS) is 14.3. The minimum Gasteiger partial charge on any atom is -0.392 e. The van der Waals surface area contributed by atoms with E-state index in [1.165, 1.54) is 0 Å². The molecule has 2 heteroatoms. The van der Waals surface area contributed by atoms with Crippen LogP contribution >= 0.6 is 0 Å². The molecule has 0 heterocycles. The highest BCUT2D eigenvalue weighted by Crippen LogP contribution is 2.31. The maximum Gasteiger partial charge on any atom is 0.0686 e. The van der Waals surface area contributed by atoms with Crippen molar-refractivity contribution in [1.82, 2.24) is 0 Å². The minimum atomic E-state index is -0.477. The first kappa shape index (κ1) is 13.8. The van der Waals surface area contributed by atoms with Gasteiger partial charge < -0.3 is 10.8 Å². The van der Waals surface area contributed by atoms with Crippen molar-refractivity contribution in [3.63, 3.8) is 0 Å². The lowest BCUT2D eigenvalue weighted by Gasteiger charge is -2.28. The summed E-state index contributed by atoms with van der Waals surface area (Å²) in [5, 5.41) is 10.6. The standard InChI is InChI=1S/C17H21NO/c1-13(12-18)17(19)16(14-8-4-2-5-9-14)15-10-6-3-7-11-15/h2-11,13,16-17,19H,12,18H2,1H3. The monoisotopic (exact) mass is 255 g/mol. The molecule has 0 aliphatic carbocycles. The quantitative estimate of drug-likeness (QED) is 0.863. The van der Waals surface area contributed by atoms with Crippen LogP contribution in [0.5, 0.6) is 0 Å². The number of aliphatic hydroxyl groups is 1. The van der Waals surface area contributed by atoms with E-state index in [0.717, 1.165) is 11.1 Å². The molecule has 0 saturated carbocycles. The molecule has 3 N–H and O–H groups in total. The molecular formula is C17H21NO. The fraction of sp³-hybridized carbons (Fsp3) is 0.294. The average Bonchev–Trinajstić information content (AvgIpc) is 2.49. The predicted molar refractivity (Wildman–Crippen MR) is 79.0 cm³/mol. The van der Waals surface area contributed by atoms with Crippen molar-refractivity contribution in [3.8, 4) is 0 Å². The molecule has 0 aromatic heterocycles. The molecule has 0 saturated heterocycles. The first-order valence-electron chi connectivity index (χ1n) is 6.72. The van der Waals surface area contributed by atoms with Gasteiger partial charge in [0.1, 0.15) is 0 Å². The first-order valence-corrected chi connectivity index (χ1v) is 6.72. The molecule has 2 nitrogen and oxygen atoms in total. The Balaban J connectivity index is 2.40. The van der Waals surface area contributed by atoms with Crippen molar-refractivity contribution < 1.29 is 5.11 Å². The van der Waals surface area contributed by atoms with E-state index >= 15 is 0 Å². The van der Waals surface area contributed by atoms with Crippen LogP contribution in [0.4, 0.5) is 0 Å². The van der Waals surface area contributed by atoms with Gasteiger partial charge in [0, 0.05) is 5.92 Å². The molecule has 2 rings (SSSR count). The third-order valence-electron chi connectivity index (χ3n) is 3.61. The van der Waals surface area contributed by atoms with Crippen molar-refractivity contribution in [3.05, 3.63) is 71.8 Å². The van der Waals surface area contributed by atoms with E-state index in [1.807, 2.05) is 43.3 Å². The predicted octanol–water partition coefficient (Wildman–Crippen LogP) is 2.77. The highest BCUT2D eigenvalue weighted by molar-refractivity contribution is 5.33. The molecule has 0 amide bonds. The fourth-order valence-corrected chi connectivity index (χ4v) is 2.38. The maximum atomic E-state index is 10.6. The van der Waals surface area contributed by atoms with Crippen LogP contribution in [0.3, 0.4) is 0 Å². The number of hydrogen-bond acceptors (Lipinski definition) is 2. The smallest absolute Gasteiger partial charge is 0.0686 e. The lowest BCUT2D eigenvalue weighted by molar-refractivity contribution is 0.104. The van der Waals surface area contributed by atoms with E-state index in [-0.39, 0.29) is 11.8 Å². The van der Waals surface area contributed by atoms with Gasteiger partial charge in [0.2, 0.25) is 0 Å². The Kier molecular flexibility index (Phi) is 4.72. The van der Waals surface area contributed by atoms with Gasteiger partial charge in [0.05, 0.1) is 6.10 Å². The Bertz CT molecular complexity index is 444. The molecule has 100 valence electrons. The molecule has 0 aliphatic heterocycles. The summed E-state index contributed by atoms with van der Waals surface area (Å²) < 4.78 is 0. The van der Waals surface area contributed by atoms with Crippen LogP contribution in [-0.2, 0) is 0 Å². The number of rotatable bonds is 5. The van der Waals surface area contributed by atoms with E-state index in [9.17, 15) is 5.11 Å². The lowest BCUT2D eigenvalue weighted by Crippen LogP contribution is -2.31. The molecule has 0 spiro atoms. The van der Waals surface area contributed by atoms with Crippen LogP contribution in [0.1, 0.15) is 24.0 Å². The average molecular weight is 255 g/mol. The van der Waals surface area contributed by atoms with E-state index < -0.39 is 6.10 Å². The van der Waals surface area contributed by atoms with Crippen LogP contribution in [0, 0.1) is 5.92 Å². The molecule has 0 aliphatic rings. The van der Waals surface area contributed by atoms with Crippen LogP contribution in [-0.4, -0.2) is 17.8 Å². The Morgan fingerprint density at radius 2 is 1.32 bits per heavy atom. The minimum absolute atomic E-state index is 0.0269. The van der Waals surface area contributed by atoms with E-state index in [1.54, 1.807) is 0 Å². The van der Waals surface area contributed by atoms with Gasteiger partial charge in [-0.25, -0.2) is 0 Å². The number of hydrogen-bond donors (Lipinski definition) is 2. The maximum absolute atomic E-state index is 10.6. The topological polar surface area (TPSA) is 46.2 Å². The number of benzene rings is 2. The van der Waals surface area contributed by atoms with Gasteiger partial charge in [-0.05, 0) is 23.6 Å². The Morgan fingerprint density at radius 3 is 1.68 bits per heavy atom. The Hall–Kier alpha value is -1.64. The Morgan fingerprint density at radius 1 is 0.895 bits per heavy atom. The zero-order valence-electron chi connectivity index (χ0n) is 11.2. The molecule has 2 atom stereocenters. The van der Waals surface area contributed by atoms with Crippen LogP contribution in [0.15, 0.2) is 60.7 Å². The summed E-state index contributed by atoms with van der Waals surface area (Å²) >= 11 is 0. The molecule has 0 fully saturated rings. The second-order valence-corrected chi connectivity index (χ2v) is 5.00. The molecule has 0 radical (unpaired) electrons. The van der Waals surface area contributed by atoms with Gasteiger partial charge in [-0.15, -0.1) is 0 Å². The lowest BCUT2D eigenvalue weighted by atomic mass is 9.81. The fourth-order valence-electron chi connectivity index (χ4n) is 2.38. The molecule has 2 aromatic rings. The summed E-state index contributed by atoms with van der Waals surface area (Å²) in [5.74, 6) is 0.0337. The van der Waals surface area contributed by atoms with Crippen LogP contribution in [0.25, 0.3) is 0 Å². The summed E-state index contributed by atoms with van der Waals surface area (Å²) in [6.45, 7) is 2.47. The molecule has 19 heavy (non-hydrogen) atoms. The molecule has 2 aromatic carbocycles. The van der Waals surface area contributed by atoms with Crippen molar-refractivity contribution in [1.29, 1.82) is 0 Å². The van der Waals surface area contributed by atoms with Crippen LogP contribution < -0.4 is 5.73 Å². The molecule has 2 unspecified atom stereocenters. The largest absolute Gasteiger partial charge is 0.392 e. The third-order valence-corrected chi connectivity index (χ3v) is 3.61. The second-order valence-electron chi connectivity index (χ2n) is 5.00. The zero-order chi connectivity index (χ0) is 13.7. The second kappa shape index (κ2) is 6.50. The van der Waals surface area contributed by atoms with Gasteiger partial charge in [-0.3, -0.25) is 0 Å². The van der Waals surface area contributed by atoms with Crippen molar-refractivity contribution in [2.75, 3.05) is 6.54 Å². The SMILES string of the molecule is CC(CN)C(O)C(c1ccccc1)c1ccccc1. The first-order chi connectivity index (χ1) is 9.24. The highest BCUT2D eigenvalue weighted by atomic mass is 16.3. The Labute approximate surface area is 114 Å². The van der Waals surface area contributed by atoms with E-state index in [2.05, 4.69) is 24.3 Å². The highest BCUT2D eigenvalue weighted by Gasteiger charge is 2.26. The van der Waals surface area contributed by atoms with E-state index in [0.29, 0.717) is 6.54 Å². The van der Waals surface area contributed by atoms with Crippen molar-refractivity contribution in [2.45, 2.75) is 18.9 Å². The van der Waals surface area contributed by atoms with Gasteiger partial charge >= 0.3 is 0 Å². The van der Waals surface area contributed by atoms with Crippen molar-refractivity contribution >= 4 is 0 Å². The summed E-state index contributed by atoms with van der Waals surface area (Å²) in [7, 11) is 0. The summed E-state index contributed by atoms with van der Waals surface area (Å²) in [4.78, 5) is 0. The summed E-state index contributed by atoms with van der Waals surface area (Å²) in [6, 6.07) is 20.2. The van der Waals surface area contributed by atoms with Gasteiger partial charge in [-0.1, -0.05) is 67.6 Å².